The summed E-state index contributed by atoms with van der Waals surface area (Å²) in [4.78, 5) is 2.37. The summed E-state index contributed by atoms with van der Waals surface area (Å²) in [5, 5.41) is 9.73. The van der Waals surface area contributed by atoms with Crippen LogP contribution < -0.4 is 5.73 Å². The number of aryl methyl sites for hydroxylation is 1. The highest BCUT2D eigenvalue weighted by Crippen LogP contribution is 2.31. The Labute approximate surface area is 121 Å². The van der Waals surface area contributed by atoms with Crippen LogP contribution in [0.25, 0.3) is 0 Å². The van der Waals surface area contributed by atoms with Crippen molar-refractivity contribution in [1.82, 2.24) is 4.90 Å². The lowest BCUT2D eigenvalue weighted by Crippen LogP contribution is -2.47. The summed E-state index contributed by atoms with van der Waals surface area (Å²) >= 11 is 0. The van der Waals surface area contributed by atoms with Crippen LogP contribution in [-0.2, 0) is 0 Å². The van der Waals surface area contributed by atoms with Crippen molar-refractivity contribution < 1.29 is 9.52 Å². The average Bonchev–Trinajstić information content (AvgIpc) is 2.74. The minimum atomic E-state index is 0.0349. The van der Waals surface area contributed by atoms with E-state index in [9.17, 15) is 5.11 Å². The van der Waals surface area contributed by atoms with Gasteiger partial charge in [0.15, 0.2) is 0 Å². The van der Waals surface area contributed by atoms with Crippen LogP contribution >= 0.6 is 0 Å². The first-order chi connectivity index (χ1) is 9.67. The monoisotopic (exact) mass is 280 g/mol. The maximum Gasteiger partial charge on any atom is 0.122 e. The minimum absolute atomic E-state index is 0.0349. The van der Waals surface area contributed by atoms with Gasteiger partial charge in [0.05, 0.1) is 12.6 Å². The summed E-state index contributed by atoms with van der Waals surface area (Å²) in [6.07, 6.45) is 5.54. The Morgan fingerprint density at radius 3 is 2.80 bits per heavy atom. The molecule has 0 bridgehead atoms. The van der Waals surface area contributed by atoms with Crippen LogP contribution in [0.15, 0.2) is 16.5 Å². The largest absolute Gasteiger partial charge is 0.465 e. The third-order valence-corrected chi connectivity index (χ3v) is 4.42. The van der Waals surface area contributed by atoms with E-state index in [-0.39, 0.29) is 24.7 Å². The Morgan fingerprint density at radius 1 is 1.40 bits per heavy atom. The number of hydrogen-bond donors (Lipinski definition) is 2. The van der Waals surface area contributed by atoms with E-state index in [0.717, 1.165) is 30.9 Å². The molecule has 20 heavy (non-hydrogen) atoms. The Bertz CT molecular complexity index is 405. The number of aliphatic hydroxyl groups excluding tert-OH is 1. The molecule has 2 rings (SSSR count). The van der Waals surface area contributed by atoms with Gasteiger partial charge >= 0.3 is 0 Å². The number of hydrogen-bond acceptors (Lipinski definition) is 4. The Morgan fingerprint density at radius 2 is 2.20 bits per heavy atom. The van der Waals surface area contributed by atoms with Crippen molar-refractivity contribution in [2.24, 2.45) is 5.73 Å². The molecule has 4 nitrogen and oxygen atoms in total. The van der Waals surface area contributed by atoms with Crippen LogP contribution in [0, 0.1) is 6.92 Å². The van der Waals surface area contributed by atoms with E-state index in [1.165, 1.54) is 19.3 Å². The molecule has 0 aromatic carbocycles. The molecule has 0 aliphatic carbocycles. The van der Waals surface area contributed by atoms with Crippen molar-refractivity contribution >= 4 is 0 Å². The molecular weight excluding hydrogens is 252 g/mol. The van der Waals surface area contributed by atoms with Crippen LogP contribution in [-0.4, -0.2) is 35.2 Å². The molecule has 114 valence electrons. The van der Waals surface area contributed by atoms with Gasteiger partial charge < -0.3 is 15.3 Å². The number of rotatable bonds is 5. The second-order valence-electron chi connectivity index (χ2n) is 5.89. The summed E-state index contributed by atoms with van der Waals surface area (Å²) in [5.41, 5.74) is 6.37. The molecule has 1 aliphatic rings. The van der Waals surface area contributed by atoms with Gasteiger partial charge in [-0.15, -0.1) is 0 Å². The van der Waals surface area contributed by atoms with E-state index in [0.29, 0.717) is 0 Å². The van der Waals surface area contributed by atoms with Crippen molar-refractivity contribution in [3.63, 3.8) is 0 Å². The van der Waals surface area contributed by atoms with Gasteiger partial charge in [-0.2, -0.15) is 0 Å². The van der Waals surface area contributed by atoms with Crippen molar-refractivity contribution in [1.29, 1.82) is 0 Å². The third-order valence-electron chi connectivity index (χ3n) is 4.42. The van der Waals surface area contributed by atoms with E-state index in [2.05, 4.69) is 11.8 Å². The van der Waals surface area contributed by atoms with E-state index in [4.69, 9.17) is 10.2 Å². The normalized spacial score (nSPS) is 24.3. The van der Waals surface area contributed by atoms with Gasteiger partial charge in [-0.1, -0.05) is 19.8 Å². The summed E-state index contributed by atoms with van der Waals surface area (Å²) in [7, 11) is 0. The molecule has 0 spiro atoms. The topological polar surface area (TPSA) is 62.6 Å². The van der Waals surface area contributed by atoms with E-state index in [1.54, 1.807) is 0 Å². The zero-order valence-corrected chi connectivity index (χ0v) is 12.7. The highest BCUT2D eigenvalue weighted by Gasteiger charge is 2.33. The average molecular weight is 280 g/mol. The maximum atomic E-state index is 9.73. The zero-order valence-electron chi connectivity index (χ0n) is 12.7. The fraction of sp³-hybridized carbons (Fsp3) is 0.750. The lowest BCUT2D eigenvalue weighted by Gasteiger charge is -2.38. The molecule has 3 N–H and O–H groups in total. The fourth-order valence-electron chi connectivity index (χ4n) is 3.22. The molecule has 0 saturated carbocycles. The smallest absolute Gasteiger partial charge is 0.122 e. The maximum absolute atomic E-state index is 9.73. The number of nitrogens with two attached hydrogens (primary N) is 1. The highest BCUT2D eigenvalue weighted by atomic mass is 16.3. The lowest BCUT2D eigenvalue weighted by molar-refractivity contribution is 0.0609. The molecule has 0 radical (unpaired) electrons. The van der Waals surface area contributed by atoms with E-state index < -0.39 is 0 Å². The van der Waals surface area contributed by atoms with Crippen molar-refractivity contribution in [3.05, 3.63) is 23.7 Å². The van der Waals surface area contributed by atoms with Gasteiger partial charge in [-0.25, -0.2) is 0 Å². The first kappa shape index (κ1) is 15.5. The number of furan rings is 1. The third kappa shape index (κ3) is 3.43. The lowest BCUT2D eigenvalue weighted by atomic mass is 9.99. The highest BCUT2D eigenvalue weighted by molar-refractivity contribution is 5.13. The van der Waals surface area contributed by atoms with Crippen molar-refractivity contribution in [3.8, 4) is 0 Å². The van der Waals surface area contributed by atoms with Gasteiger partial charge in [-0.05, 0) is 44.9 Å². The molecular formula is C16H28N2O2. The summed E-state index contributed by atoms with van der Waals surface area (Å²) < 4.78 is 5.85. The molecule has 1 aliphatic heterocycles. The molecule has 1 saturated heterocycles. The molecule has 3 atom stereocenters. The van der Waals surface area contributed by atoms with Crippen molar-refractivity contribution in [2.75, 3.05) is 13.2 Å². The van der Waals surface area contributed by atoms with Gasteiger partial charge in [-0.3, -0.25) is 4.90 Å². The first-order valence-corrected chi connectivity index (χ1v) is 7.85. The van der Waals surface area contributed by atoms with E-state index in [1.807, 2.05) is 19.1 Å². The fourth-order valence-corrected chi connectivity index (χ4v) is 3.22. The van der Waals surface area contributed by atoms with Gasteiger partial charge in [0, 0.05) is 12.1 Å². The predicted molar refractivity (Wildman–Crippen MR) is 80.5 cm³/mol. The number of likely N-dealkylation sites (tertiary alicyclic amines) is 1. The Balaban J connectivity index is 2.28. The van der Waals surface area contributed by atoms with Crippen LogP contribution in [0.2, 0.25) is 0 Å². The molecule has 2 heterocycles. The number of nitrogens with zero attached hydrogens (tertiary/aromatic N) is 1. The van der Waals surface area contributed by atoms with Gasteiger partial charge in [0.1, 0.15) is 11.5 Å². The van der Waals surface area contributed by atoms with Crippen LogP contribution in [0.4, 0.5) is 0 Å². The summed E-state index contributed by atoms with van der Waals surface area (Å²) in [5.74, 6) is 1.86. The van der Waals surface area contributed by atoms with Crippen LogP contribution in [0.1, 0.15) is 56.6 Å². The standard InChI is InChI=1S/C16H28N2O2/c1-3-14(17)16(15-9-8-12(2)20-15)18-10-6-4-5-7-13(18)11-19/h8-9,13-14,16,19H,3-7,10-11,17H2,1-2H3. The zero-order chi connectivity index (χ0) is 14.5. The minimum Gasteiger partial charge on any atom is -0.465 e. The molecule has 4 heteroatoms. The predicted octanol–water partition coefficient (Wildman–Crippen LogP) is 2.60. The molecule has 3 unspecified atom stereocenters. The quantitative estimate of drug-likeness (QED) is 0.870. The second-order valence-corrected chi connectivity index (χ2v) is 5.89. The summed E-state index contributed by atoms with van der Waals surface area (Å²) in [6.45, 7) is 5.26. The second kappa shape index (κ2) is 7.25. The molecule has 0 amide bonds. The van der Waals surface area contributed by atoms with Gasteiger partial charge in [0.2, 0.25) is 0 Å². The molecule has 1 fully saturated rings. The van der Waals surface area contributed by atoms with Crippen molar-refractivity contribution in [2.45, 2.75) is 64.1 Å². The molecule has 1 aromatic heterocycles. The Hall–Kier alpha value is -0.840. The van der Waals surface area contributed by atoms with E-state index >= 15 is 0 Å². The summed E-state index contributed by atoms with van der Waals surface area (Å²) in [6, 6.07) is 4.34. The molecule has 1 aromatic rings. The Kier molecular flexibility index (Phi) is 5.64. The first-order valence-electron chi connectivity index (χ1n) is 7.85. The number of aliphatic hydroxyl groups is 1. The van der Waals surface area contributed by atoms with Crippen LogP contribution in [0.5, 0.6) is 0 Å². The van der Waals surface area contributed by atoms with Gasteiger partial charge in [0.25, 0.3) is 0 Å². The SMILES string of the molecule is CCC(N)C(c1ccc(C)o1)N1CCCCCC1CO. The van der Waals surface area contributed by atoms with Crippen LogP contribution in [0.3, 0.4) is 0 Å².